The van der Waals surface area contributed by atoms with Gasteiger partial charge in [-0.1, -0.05) is 66.6 Å². The van der Waals surface area contributed by atoms with Gasteiger partial charge in [-0.05, 0) is 43.2 Å². The molecule has 28 heavy (non-hydrogen) atoms. The minimum atomic E-state index is -0.681. The predicted octanol–water partition coefficient (Wildman–Crippen LogP) is 4.86. The third-order valence-electron chi connectivity index (χ3n) is 5.38. The van der Waals surface area contributed by atoms with Crippen LogP contribution in [-0.2, 0) is 4.79 Å². The molecule has 0 fully saturated rings. The molecule has 0 saturated carbocycles. The molecule has 1 aromatic heterocycles. The first-order chi connectivity index (χ1) is 13.5. The van der Waals surface area contributed by atoms with Gasteiger partial charge in [0.25, 0.3) is 5.91 Å². The number of hydrogen-bond acceptors (Lipinski definition) is 4. The van der Waals surface area contributed by atoms with Gasteiger partial charge < -0.3 is 4.42 Å². The van der Waals surface area contributed by atoms with E-state index in [9.17, 15) is 10.0 Å². The molecule has 146 valence electrons. The van der Waals surface area contributed by atoms with E-state index in [1.165, 1.54) is 29.2 Å². The predicted molar refractivity (Wildman–Crippen MR) is 107 cm³/mol. The summed E-state index contributed by atoms with van der Waals surface area (Å²) in [6, 6.07) is 16.8. The fraction of sp³-hybridized carbons (Fsp3) is 0.304. The molecule has 1 heterocycles. The molecular formula is C23H26N2O3. The second-order valence-electron chi connectivity index (χ2n) is 7.35. The Morgan fingerprint density at radius 1 is 1.04 bits per heavy atom. The maximum atomic E-state index is 12.4. The largest absolute Gasteiger partial charge is 0.448 e. The Labute approximate surface area is 165 Å². The number of oxazole rings is 1. The summed E-state index contributed by atoms with van der Waals surface area (Å²) < 4.78 is 5.39. The average molecular weight is 378 g/mol. The zero-order valence-electron chi connectivity index (χ0n) is 16.4. The third-order valence-corrected chi connectivity index (χ3v) is 5.38. The van der Waals surface area contributed by atoms with Crippen molar-refractivity contribution in [2.24, 2.45) is 0 Å². The van der Waals surface area contributed by atoms with Crippen molar-refractivity contribution in [3.05, 3.63) is 89.1 Å². The van der Waals surface area contributed by atoms with E-state index in [2.05, 4.69) is 74.3 Å². The van der Waals surface area contributed by atoms with E-state index >= 15 is 0 Å². The van der Waals surface area contributed by atoms with Crippen molar-refractivity contribution in [2.45, 2.75) is 44.9 Å². The molecule has 3 rings (SSSR count). The summed E-state index contributed by atoms with van der Waals surface area (Å²) in [4.78, 5) is 16.5. The van der Waals surface area contributed by atoms with Crippen LogP contribution >= 0.6 is 0 Å². The number of hydrogen-bond donors (Lipinski definition) is 2. The Kier molecular flexibility index (Phi) is 6.26. The number of benzene rings is 2. The number of nitrogens with zero attached hydrogens (tertiary/aromatic N) is 1. The monoisotopic (exact) mass is 378 g/mol. The quantitative estimate of drug-likeness (QED) is 0.455. The smallest absolute Gasteiger partial charge is 0.255 e. The van der Waals surface area contributed by atoms with E-state index in [-0.39, 0.29) is 11.8 Å². The molecule has 0 bridgehead atoms. The Morgan fingerprint density at radius 2 is 1.61 bits per heavy atom. The molecule has 0 aliphatic heterocycles. The van der Waals surface area contributed by atoms with Gasteiger partial charge in [0.2, 0.25) is 5.89 Å². The summed E-state index contributed by atoms with van der Waals surface area (Å²) in [5.74, 6) is -0.695. The number of nitrogens with one attached hydrogen (secondary N) is 1. The van der Waals surface area contributed by atoms with E-state index in [1.807, 2.05) is 0 Å². The average Bonchev–Trinajstić information content (AvgIpc) is 3.24. The minimum Gasteiger partial charge on any atom is -0.448 e. The lowest BCUT2D eigenvalue weighted by atomic mass is 9.77. The molecule has 2 aromatic carbocycles. The van der Waals surface area contributed by atoms with Crippen LogP contribution < -0.4 is 5.48 Å². The van der Waals surface area contributed by atoms with Gasteiger partial charge in [-0.2, -0.15) is 0 Å². The lowest BCUT2D eigenvalue weighted by Crippen LogP contribution is -2.28. The summed E-state index contributed by atoms with van der Waals surface area (Å²) >= 11 is 0. The van der Waals surface area contributed by atoms with Crippen molar-refractivity contribution < 1.29 is 14.4 Å². The normalized spacial score (nSPS) is 14.3. The van der Waals surface area contributed by atoms with Gasteiger partial charge in [0.05, 0.1) is 6.20 Å². The molecule has 2 N–H and O–H groups in total. The molecule has 5 nitrogen and oxygen atoms in total. The zero-order valence-corrected chi connectivity index (χ0v) is 16.4. The number of hydroxylamine groups is 1. The summed E-state index contributed by atoms with van der Waals surface area (Å²) in [5.41, 5.74) is 6.50. The number of rotatable bonds is 7. The third kappa shape index (κ3) is 4.49. The van der Waals surface area contributed by atoms with Crippen molar-refractivity contribution in [3.8, 4) is 0 Å². The highest BCUT2D eigenvalue weighted by atomic mass is 16.5. The lowest BCUT2D eigenvalue weighted by molar-refractivity contribution is -0.131. The van der Waals surface area contributed by atoms with Crippen LogP contribution in [0.2, 0.25) is 0 Å². The summed E-state index contributed by atoms with van der Waals surface area (Å²) in [6.45, 7) is 6.28. The van der Waals surface area contributed by atoms with Crippen LogP contribution in [0, 0.1) is 13.8 Å². The van der Waals surface area contributed by atoms with Crippen LogP contribution in [-0.4, -0.2) is 16.1 Å². The second kappa shape index (κ2) is 8.85. The molecule has 0 saturated heterocycles. The van der Waals surface area contributed by atoms with Crippen LogP contribution in [0.25, 0.3) is 0 Å². The lowest BCUT2D eigenvalue weighted by Gasteiger charge is -2.27. The number of carbonyl (C=O) groups is 1. The van der Waals surface area contributed by atoms with E-state index in [0.29, 0.717) is 12.3 Å². The fourth-order valence-electron chi connectivity index (χ4n) is 3.60. The Morgan fingerprint density at radius 3 is 2.11 bits per heavy atom. The van der Waals surface area contributed by atoms with Gasteiger partial charge in [0.15, 0.2) is 0 Å². The second-order valence-corrected chi connectivity index (χ2v) is 7.35. The summed E-state index contributed by atoms with van der Waals surface area (Å²) in [6.07, 6.45) is 3.42. The van der Waals surface area contributed by atoms with Gasteiger partial charge in [-0.25, -0.2) is 10.5 Å². The van der Waals surface area contributed by atoms with Crippen LogP contribution in [0.4, 0.5) is 0 Å². The summed E-state index contributed by atoms with van der Waals surface area (Å²) in [7, 11) is 0. The SMILES string of the molecule is Cc1ccc(C(C)C(CC(C(=O)NO)c2ncco2)c2ccc(C)cc2)cc1. The molecule has 0 aliphatic carbocycles. The van der Waals surface area contributed by atoms with Crippen LogP contribution in [0.1, 0.15) is 59.2 Å². The zero-order chi connectivity index (χ0) is 20.1. The molecule has 1 amide bonds. The minimum absolute atomic E-state index is 0.0394. The van der Waals surface area contributed by atoms with Gasteiger partial charge in [0.1, 0.15) is 12.2 Å². The van der Waals surface area contributed by atoms with Gasteiger partial charge >= 0.3 is 0 Å². The number of carbonyl (C=O) groups excluding carboxylic acids is 1. The molecule has 0 radical (unpaired) electrons. The molecule has 0 aliphatic rings. The fourth-order valence-corrected chi connectivity index (χ4v) is 3.60. The van der Waals surface area contributed by atoms with Gasteiger partial charge in [-0.15, -0.1) is 0 Å². The first-order valence-electron chi connectivity index (χ1n) is 9.46. The first-order valence-corrected chi connectivity index (χ1v) is 9.46. The summed E-state index contributed by atoms with van der Waals surface area (Å²) in [5, 5.41) is 9.24. The topological polar surface area (TPSA) is 75.4 Å². The highest BCUT2D eigenvalue weighted by Crippen LogP contribution is 2.40. The molecule has 3 unspecified atom stereocenters. The first kappa shape index (κ1) is 19.8. The van der Waals surface area contributed by atoms with Crippen molar-refractivity contribution >= 4 is 5.91 Å². The van der Waals surface area contributed by atoms with Crippen molar-refractivity contribution in [1.29, 1.82) is 0 Å². The van der Waals surface area contributed by atoms with Gasteiger partial charge in [0, 0.05) is 0 Å². The van der Waals surface area contributed by atoms with E-state index in [0.717, 1.165) is 5.56 Å². The maximum absolute atomic E-state index is 12.4. The highest BCUT2D eigenvalue weighted by molar-refractivity contribution is 5.81. The Bertz CT molecular complexity index is 887. The Balaban J connectivity index is 1.98. The van der Waals surface area contributed by atoms with Crippen LogP contribution in [0.3, 0.4) is 0 Å². The van der Waals surface area contributed by atoms with E-state index in [4.69, 9.17) is 4.42 Å². The molecule has 0 spiro atoms. The maximum Gasteiger partial charge on any atom is 0.255 e. The van der Waals surface area contributed by atoms with Crippen LogP contribution in [0.5, 0.6) is 0 Å². The number of aryl methyl sites for hydroxylation is 2. The van der Waals surface area contributed by atoms with Crippen molar-refractivity contribution in [3.63, 3.8) is 0 Å². The highest BCUT2D eigenvalue weighted by Gasteiger charge is 2.32. The van der Waals surface area contributed by atoms with E-state index < -0.39 is 11.8 Å². The van der Waals surface area contributed by atoms with Crippen molar-refractivity contribution in [2.75, 3.05) is 0 Å². The van der Waals surface area contributed by atoms with E-state index in [1.54, 1.807) is 5.48 Å². The number of amides is 1. The van der Waals surface area contributed by atoms with Crippen LogP contribution in [0.15, 0.2) is 65.4 Å². The molecule has 3 aromatic rings. The molecule has 5 heteroatoms. The Hall–Kier alpha value is -2.92. The number of aromatic nitrogens is 1. The molecule has 3 atom stereocenters. The molecular weight excluding hydrogens is 352 g/mol. The van der Waals surface area contributed by atoms with Gasteiger partial charge in [-0.3, -0.25) is 10.0 Å². The standard InChI is InChI=1S/C23H26N2O3/c1-15-4-8-18(9-5-15)17(3)20(19-10-6-16(2)7-11-19)14-21(22(26)25-27)23-24-12-13-28-23/h4-13,17,20-21,27H,14H2,1-3H3,(H,25,26). The van der Waals surface area contributed by atoms with Crippen molar-refractivity contribution in [1.82, 2.24) is 10.5 Å².